The molecule has 0 bridgehead atoms. The van der Waals surface area contributed by atoms with Gasteiger partial charge in [-0.15, -0.1) is 0 Å². The molecule has 5 heteroatoms. The molecule has 1 aromatic carbocycles. The van der Waals surface area contributed by atoms with Crippen LogP contribution in [-0.2, 0) is 22.6 Å². The van der Waals surface area contributed by atoms with Gasteiger partial charge < -0.3 is 10.5 Å². The van der Waals surface area contributed by atoms with Crippen molar-refractivity contribution in [3.63, 3.8) is 0 Å². The molecule has 0 radical (unpaired) electrons. The molecule has 0 fully saturated rings. The molecule has 0 heterocycles. The van der Waals surface area contributed by atoms with Gasteiger partial charge in [-0.2, -0.15) is 0 Å². The second-order valence-corrected chi connectivity index (χ2v) is 4.31. The third-order valence-electron chi connectivity index (χ3n) is 3.09. The van der Waals surface area contributed by atoms with E-state index in [0.717, 1.165) is 17.7 Å². The molecule has 1 aromatic rings. The monoisotopic (exact) mass is 268 g/mol. The van der Waals surface area contributed by atoms with Crippen LogP contribution in [0.5, 0.6) is 0 Å². The summed E-state index contributed by atoms with van der Waals surface area (Å²) in [6.45, 7) is 4.32. The van der Waals surface area contributed by atoms with Crippen LogP contribution in [0.25, 0.3) is 0 Å². The predicted molar refractivity (Wildman–Crippen MR) is 71.9 cm³/mol. The summed E-state index contributed by atoms with van der Waals surface area (Å²) >= 11 is 0. The van der Waals surface area contributed by atoms with Crippen molar-refractivity contribution in [1.82, 2.24) is 4.90 Å². The molecule has 0 amide bonds. The van der Waals surface area contributed by atoms with Gasteiger partial charge in [0.25, 0.3) is 0 Å². The number of ether oxygens (including phenoxy) is 1. The van der Waals surface area contributed by atoms with E-state index in [2.05, 4.69) is 9.64 Å². The summed E-state index contributed by atoms with van der Waals surface area (Å²) in [5.41, 5.74) is 7.44. The molecule has 106 valence electrons. The number of nitrogens with zero attached hydrogens (tertiary/aromatic N) is 1. The van der Waals surface area contributed by atoms with Gasteiger partial charge in [-0.05, 0) is 29.8 Å². The molecule has 0 aliphatic rings. The maximum Gasteiger partial charge on any atom is 0.306 e. The smallest absolute Gasteiger partial charge is 0.306 e. The summed E-state index contributed by atoms with van der Waals surface area (Å²) in [6.07, 6.45) is 0.331. The Bertz CT molecular complexity index is 424. The first kappa shape index (κ1) is 15.6. The fraction of sp³-hybridized carbons (Fsp3) is 0.500. The lowest BCUT2D eigenvalue weighted by atomic mass is 10.1. The Balaban J connectivity index is 2.69. The van der Waals surface area contributed by atoms with Gasteiger partial charge in [0.2, 0.25) is 0 Å². The number of carbonyl (C=O) groups is 1. The summed E-state index contributed by atoms with van der Waals surface area (Å²) in [6, 6.07) is 4.62. The Morgan fingerprint density at radius 1 is 1.42 bits per heavy atom. The normalized spacial score (nSPS) is 10.8. The van der Waals surface area contributed by atoms with Crippen molar-refractivity contribution in [1.29, 1.82) is 0 Å². The van der Waals surface area contributed by atoms with Gasteiger partial charge in [-0.1, -0.05) is 13.0 Å². The Morgan fingerprint density at radius 2 is 2.16 bits per heavy atom. The number of carbonyl (C=O) groups excluding carboxylic acids is 1. The second-order valence-electron chi connectivity index (χ2n) is 4.31. The number of hydrogen-bond donors (Lipinski definition) is 1. The third-order valence-corrected chi connectivity index (χ3v) is 3.09. The zero-order valence-electron chi connectivity index (χ0n) is 11.5. The minimum Gasteiger partial charge on any atom is -0.469 e. The van der Waals surface area contributed by atoms with Crippen LogP contribution in [0.15, 0.2) is 18.2 Å². The van der Waals surface area contributed by atoms with Gasteiger partial charge in [0.05, 0.1) is 13.5 Å². The number of esters is 1. The average Bonchev–Trinajstić information content (AvgIpc) is 2.43. The van der Waals surface area contributed by atoms with Crippen molar-refractivity contribution < 1.29 is 13.9 Å². The number of halogens is 1. The molecule has 19 heavy (non-hydrogen) atoms. The number of hydrogen-bond acceptors (Lipinski definition) is 4. The highest BCUT2D eigenvalue weighted by atomic mass is 19.1. The van der Waals surface area contributed by atoms with Gasteiger partial charge in [0.15, 0.2) is 0 Å². The molecule has 0 unspecified atom stereocenters. The number of benzene rings is 1. The van der Waals surface area contributed by atoms with Gasteiger partial charge in [0.1, 0.15) is 5.82 Å². The molecular formula is C14H21FN2O2. The van der Waals surface area contributed by atoms with Crippen LogP contribution in [0, 0.1) is 5.82 Å². The van der Waals surface area contributed by atoms with E-state index in [-0.39, 0.29) is 11.8 Å². The van der Waals surface area contributed by atoms with Crippen LogP contribution >= 0.6 is 0 Å². The van der Waals surface area contributed by atoms with Crippen molar-refractivity contribution >= 4 is 5.97 Å². The van der Waals surface area contributed by atoms with Crippen LogP contribution in [0.1, 0.15) is 24.5 Å². The molecular weight excluding hydrogens is 247 g/mol. The zero-order valence-corrected chi connectivity index (χ0v) is 11.5. The first-order chi connectivity index (χ1) is 9.10. The minimum atomic E-state index is -0.267. The van der Waals surface area contributed by atoms with Gasteiger partial charge >= 0.3 is 5.97 Å². The standard InChI is InChI=1S/C14H21FN2O2/c1-3-17(7-6-14(18)19-2)10-12-8-13(15)5-4-11(12)9-16/h4-5,8H,3,6-7,9-10,16H2,1-2H3. The fourth-order valence-corrected chi connectivity index (χ4v) is 1.88. The fourth-order valence-electron chi connectivity index (χ4n) is 1.88. The highest BCUT2D eigenvalue weighted by molar-refractivity contribution is 5.69. The average molecular weight is 268 g/mol. The highest BCUT2D eigenvalue weighted by Gasteiger charge is 2.10. The van der Waals surface area contributed by atoms with Crippen molar-refractivity contribution in [2.75, 3.05) is 20.2 Å². The van der Waals surface area contributed by atoms with E-state index in [1.54, 1.807) is 6.07 Å². The summed E-state index contributed by atoms with van der Waals surface area (Å²) in [5.74, 6) is -0.507. The summed E-state index contributed by atoms with van der Waals surface area (Å²) < 4.78 is 17.9. The molecule has 0 atom stereocenters. The molecule has 0 saturated carbocycles. The second kappa shape index (κ2) is 7.86. The van der Waals surface area contributed by atoms with Crippen LogP contribution in [0.4, 0.5) is 4.39 Å². The predicted octanol–water partition coefficient (Wildman–Crippen LogP) is 1.67. The summed E-state index contributed by atoms with van der Waals surface area (Å²) in [4.78, 5) is 13.2. The molecule has 0 aliphatic carbocycles. The Hall–Kier alpha value is -1.46. The molecule has 4 nitrogen and oxygen atoms in total. The minimum absolute atomic E-state index is 0.239. The lowest BCUT2D eigenvalue weighted by Crippen LogP contribution is -2.26. The van der Waals surface area contributed by atoms with E-state index >= 15 is 0 Å². The summed E-state index contributed by atoms with van der Waals surface area (Å²) in [5, 5.41) is 0. The van der Waals surface area contributed by atoms with Crippen LogP contribution in [-0.4, -0.2) is 31.1 Å². The maximum atomic E-state index is 13.3. The van der Waals surface area contributed by atoms with Crippen molar-refractivity contribution in [2.45, 2.75) is 26.4 Å². The summed E-state index contributed by atoms with van der Waals surface area (Å²) in [7, 11) is 1.37. The Kier molecular flexibility index (Phi) is 6.45. The molecule has 0 spiro atoms. The van der Waals surface area contributed by atoms with E-state index < -0.39 is 0 Å². The van der Waals surface area contributed by atoms with E-state index in [9.17, 15) is 9.18 Å². The molecule has 1 rings (SSSR count). The Labute approximate surface area is 113 Å². The number of rotatable bonds is 7. The van der Waals surface area contributed by atoms with Gasteiger partial charge in [0, 0.05) is 19.6 Å². The zero-order chi connectivity index (χ0) is 14.3. The van der Waals surface area contributed by atoms with Crippen LogP contribution in [0.2, 0.25) is 0 Å². The SMILES string of the molecule is CCN(CCC(=O)OC)Cc1cc(F)ccc1CN. The van der Waals surface area contributed by atoms with Crippen molar-refractivity contribution in [3.8, 4) is 0 Å². The topological polar surface area (TPSA) is 55.6 Å². The lowest BCUT2D eigenvalue weighted by Gasteiger charge is -2.21. The van der Waals surface area contributed by atoms with E-state index in [1.807, 2.05) is 6.92 Å². The van der Waals surface area contributed by atoms with Crippen molar-refractivity contribution in [2.24, 2.45) is 5.73 Å². The largest absolute Gasteiger partial charge is 0.469 e. The van der Waals surface area contributed by atoms with Crippen molar-refractivity contribution in [3.05, 3.63) is 35.1 Å². The first-order valence-corrected chi connectivity index (χ1v) is 6.37. The van der Waals surface area contributed by atoms with Gasteiger partial charge in [-0.25, -0.2) is 4.39 Å². The third kappa shape index (κ3) is 4.96. The molecule has 2 N–H and O–H groups in total. The highest BCUT2D eigenvalue weighted by Crippen LogP contribution is 2.14. The van der Waals surface area contributed by atoms with E-state index in [4.69, 9.17) is 5.73 Å². The molecule has 0 aromatic heterocycles. The first-order valence-electron chi connectivity index (χ1n) is 6.37. The maximum absolute atomic E-state index is 13.3. The number of nitrogens with two attached hydrogens (primary N) is 1. The van der Waals surface area contributed by atoms with Crippen LogP contribution < -0.4 is 5.73 Å². The van der Waals surface area contributed by atoms with Crippen LogP contribution in [0.3, 0.4) is 0 Å². The Morgan fingerprint density at radius 3 is 2.74 bits per heavy atom. The molecule has 0 aliphatic heterocycles. The van der Waals surface area contributed by atoms with E-state index in [0.29, 0.717) is 26.1 Å². The quantitative estimate of drug-likeness (QED) is 0.764. The van der Waals surface area contributed by atoms with E-state index in [1.165, 1.54) is 19.2 Å². The molecule has 0 saturated heterocycles. The number of methoxy groups -OCH3 is 1. The lowest BCUT2D eigenvalue weighted by molar-refractivity contribution is -0.141. The van der Waals surface area contributed by atoms with Gasteiger partial charge in [-0.3, -0.25) is 9.69 Å².